The van der Waals surface area contributed by atoms with E-state index in [1.807, 2.05) is 6.92 Å². The van der Waals surface area contributed by atoms with Gasteiger partial charge in [-0.3, -0.25) is 0 Å². The number of hydrogen-bond acceptors (Lipinski definition) is 2. The molecule has 0 amide bonds. The van der Waals surface area contributed by atoms with E-state index in [0.29, 0.717) is 10.8 Å². The molecule has 0 heterocycles. The second kappa shape index (κ2) is 5.83. The highest BCUT2D eigenvalue weighted by atomic mass is 16.3. The van der Waals surface area contributed by atoms with Crippen LogP contribution < -0.4 is 0 Å². The molecule has 4 aliphatic carbocycles. The third-order valence-electron chi connectivity index (χ3n) is 9.94. The smallest absolute Gasteiger partial charge is 0.0577 e. The first-order valence-electron chi connectivity index (χ1n) is 10.8. The number of rotatable bonds is 2. The molecule has 4 aliphatic rings. The largest absolute Gasteiger partial charge is 0.393 e. The van der Waals surface area contributed by atoms with E-state index in [-0.39, 0.29) is 17.6 Å². The zero-order valence-corrected chi connectivity index (χ0v) is 16.7. The van der Waals surface area contributed by atoms with Gasteiger partial charge in [-0.2, -0.15) is 0 Å². The summed E-state index contributed by atoms with van der Waals surface area (Å²) in [6.45, 7) is 9.37. The summed E-state index contributed by atoms with van der Waals surface area (Å²) in [5.41, 5.74) is 2.31. The zero-order chi connectivity index (χ0) is 18.0. The average molecular weight is 347 g/mol. The predicted octanol–water partition coefficient (Wildman–Crippen LogP) is 5.09. The first-order valence-corrected chi connectivity index (χ1v) is 10.8. The predicted molar refractivity (Wildman–Crippen MR) is 102 cm³/mol. The average Bonchev–Trinajstić information content (AvgIpc) is 2.89. The molecule has 0 aromatic carbocycles. The van der Waals surface area contributed by atoms with E-state index in [4.69, 9.17) is 0 Å². The molecular formula is C23H38O2. The van der Waals surface area contributed by atoms with Crippen molar-refractivity contribution in [3.8, 4) is 0 Å². The first kappa shape index (κ1) is 18.0. The molecule has 0 bridgehead atoms. The lowest BCUT2D eigenvalue weighted by molar-refractivity contribution is -0.117. The molecule has 0 aromatic heterocycles. The Bertz CT molecular complexity index is 566. The van der Waals surface area contributed by atoms with E-state index in [0.717, 1.165) is 37.0 Å². The van der Waals surface area contributed by atoms with Crippen LogP contribution in [0.15, 0.2) is 11.6 Å². The topological polar surface area (TPSA) is 40.5 Å². The summed E-state index contributed by atoms with van der Waals surface area (Å²) in [5.74, 6) is 2.34. The fraction of sp³-hybridized carbons (Fsp3) is 0.913. The van der Waals surface area contributed by atoms with Crippen molar-refractivity contribution in [2.45, 2.75) is 97.7 Å². The standard InChI is InChI=1S/C23H38O2/c1-5-23(15(2)24)13-10-20-18-7-6-16-14-17(25)8-11-21(16,3)19(18)9-12-22(20,23)4/h6,15,17-20,24-25H,5,7-14H2,1-4H3/t15?,17?,18?,19?,20?,21-,22-,23+/m0/s1. The summed E-state index contributed by atoms with van der Waals surface area (Å²) in [6.07, 6.45) is 12.7. The molecule has 3 fully saturated rings. The van der Waals surface area contributed by atoms with Crippen molar-refractivity contribution in [3.05, 3.63) is 11.6 Å². The molecule has 25 heavy (non-hydrogen) atoms. The molecule has 2 heteroatoms. The Balaban J connectivity index is 1.69. The zero-order valence-electron chi connectivity index (χ0n) is 16.7. The van der Waals surface area contributed by atoms with E-state index in [1.54, 1.807) is 5.57 Å². The number of allylic oxidation sites excluding steroid dienone is 1. The highest BCUT2D eigenvalue weighted by Crippen LogP contribution is 2.71. The van der Waals surface area contributed by atoms with Gasteiger partial charge in [0.15, 0.2) is 0 Å². The minimum absolute atomic E-state index is 0.112. The van der Waals surface area contributed by atoms with Gasteiger partial charge in [0, 0.05) is 5.41 Å². The minimum Gasteiger partial charge on any atom is -0.393 e. The Morgan fingerprint density at radius 3 is 2.52 bits per heavy atom. The molecule has 0 aliphatic heterocycles. The third kappa shape index (κ3) is 2.22. The molecule has 0 aromatic rings. The van der Waals surface area contributed by atoms with Crippen LogP contribution >= 0.6 is 0 Å². The molecule has 4 rings (SSSR count). The highest BCUT2D eigenvalue weighted by molar-refractivity contribution is 5.26. The fourth-order valence-corrected chi connectivity index (χ4v) is 8.37. The van der Waals surface area contributed by atoms with E-state index in [9.17, 15) is 10.2 Å². The van der Waals surface area contributed by atoms with Gasteiger partial charge in [-0.15, -0.1) is 0 Å². The van der Waals surface area contributed by atoms with Crippen LogP contribution in [-0.2, 0) is 0 Å². The second-order valence-corrected chi connectivity index (χ2v) is 10.3. The van der Waals surface area contributed by atoms with Crippen LogP contribution in [0.4, 0.5) is 0 Å². The molecule has 5 unspecified atom stereocenters. The van der Waals surface area contributed by atoms with Crippen LogP contribution in [0.5, 0.6) is 0 Å². The Morgan fingerprint density at radius 2 is 1.84 bits per heavy atom. The van der Waals surface area contributed by atoms with E-state index < -0.39 is 0 Å². The molecule has 3 saturated carbocycles. The maximum Gasteiger partial charge on any atom is 0.0577 e. The normalized spacial score (nSPS) is 53.4. The van der Waals surface area contributed by atoms with Crippen LogP contribution in [0.3, 0.4) is 0 Å². The highest BCUT2D eigenvalue weighted by Gasteiger charge is 2.64. The van der Waals surface area contributed by atoms with E-state index >= 15 is 0 Å². The van der Waals surface area contributed by atoms with E-state index in [2.05, 4.69) is 26.8 Å². The van der Waals surface area contributed by atoms with Gasteiger partial charge in [0.25, 0.3) is 0 Å². The van der Waals surface area contributed by atoms with Crippen LogP contribution in [0.1, 0.15) is 85.5 Å². The summed E-state index contributed by atoms with van der Waals surface area (Å²) >= 11 is 0. The van der Waals surface area contributed by atoms with Gasteiger partial charge in [-0.05, 0) is 93.3 Å². The van der Waals surface area contributed by atoms with Crippen molar-refractivity contribution in [2.24, 2.45) is 34.0 Å². The van der Waals surface area contributed by atoms with Gasteiger partial charge in [-0.1, -0.05) is 32.4 Å². The van der Waals surface area contributed by atoms with Gasteiger partial charge < -0.3 is 10.2 Å². The quantitative estimate of drug-likeness (QED) is 0.684. The van der Waals surface area contributed by atoms with Crippen molar-refractivity contribution in [1.82, 2.24) is 0 Å². The molecule has 0 saturated heterocycles. The lowest BCUT2D eigenvalue weighted by Crippen LogP contribution is -2.54. The van der Waals surface area contributed by atoms with Gasteiger partial charge >= 0.3 is 0 Å². The lowest BCUT2D eigenvalue weighted by Gasteiger charge is -2.60. The maximum atomic E-state index is 10.7. The summed E-state index contributed by atoms with van der Waals surface area (Å²) < 4.78 is 0. The Kier molecular flexibility index (Phi) is 4.21. The van der Waals surface area contributed by atoms with Crippen molar-refractivity contribution in [2.75, 3.05) is 0 Å². The van der Waals surface area contributed by atoms with Crippen LogP contribution in [0, 0.1) is 34.0 Å². The van der Waals surface area contributed by atoms with Crippen molar-refractivity contribution in [3.63, 3.8) is 0 Å². The first-order chi connectivity index (χ1) is 11.8. The number of aliphatic hydroxyl groups excluding tert-OH is 2. The monoisotopic (exact) mass is 346 g/mol. The molecule has 142 valence electrons. The summed E-state index contributed by atoms with van der Waals surface area (Å²) in [4.78, 5) is 0. The van der Waals surface area contributed by atoms with Crippen molar-refractivity contribution in [1.29, 1.82) is 0 Å². The van der Waals surface area contributed by atoms with Crippen molar-refractivity contribution >= 4 is 0 Å². The van der Waals surface area contributed by atoms with Crippen LogP contribution in [0.25, 0.3) is 0 Å². The molecule has 2 N–H and O–H groups in total. The van der Waals surface area contributed by atoms with Gasteiger partial charge in [0.05, 0.1) is 12.2 Å². The maximum absolute atomic E-state index is 10.7. The Morgan fingerprint density at radius 1 is 1.12 bits per heavy atom. The number of fused-ring (bicyclic) bond motifs is 5. The molecule has 8 atom stereocenters. The van der Waals surface area contributed by atoms with E-state index in [1.165, 1.54) is 38.5 Å². The molecule has 0 radical (unpaired) electrons. The van der Waals surface area contributed by atoms with Gasteiger partial charge in [0.2, 0.25) is 0 Å². The Hall–Kier alpha value is -0.340. The SMILES string of the molecule is CC[C@]1(C(C)O)CCC2C3CC=C4CC(O)CC[C@]4(C)C3CC[C@@]21C. The van der Waals surface area contributed by atoms with Crippen LogP contribution in [-0.4, -0.2) is 22.4 Å². The molecular weight excluding hydrogens is 308 g/mol. The Labute approximate surface area is 154 Å². The molecule has 2 nitrogen and oxygen atoms in total. The van der Waals surface area contributed by atoms with Gasteiger partial charge in [0.1, 0.15) is 0 Å². The third-order valence-corrected chi connectivity index (χ3v) is 9.94. The molecule has 0 spiro atoms. The number of hydrogen-bond donors (Lipinski definition) is 2. The minimum atomic E-state index is -0.195. The van der Waals surface area contributed by atoms with Gasteiger partial charge in [-0.25, -0.2) is 0 Å². The van der Waals surface area contributed by atoms with Crippen LogP contribution in [0.2, 0.25) is 0 Å². The summed E-state index contributed by atoms with van der Waals surface area (Å²) in [7, 11) is 0. The fourth-order valence-electron chi connectivity index (χ4n) is 8.37. The van der Waals surface area contributed by atoms with Crippen molar-refractivity contribution < 1.29 is 10.2 Å². The summed E-state index contributed by atoms with van der Waals surface area (Å²) in [6, 6.07) is 0. The summed E-state index contributed by atoms with van der Waals surface area (Å²) in [5, 5.41) is 20.9. The number of aliphatic hydroxyl groups is 2. The lowest BCUT2D eigenvalue weighted by atomic mass is 9.45. The second-order valence-electron chi connectivity index (χ2n) is 10.3.